The molecular weight excluding hydrogens is 286 g/mol. The molecule has 0 bridgehead atoms. The molecule has 0 spiro atoms. The summed E-state index contributed by atoms with van der Waals surface area (Å²) in [5.74, 6) is 0. The van der Waals surface area contributed by atoms with Crippen molar-refractivity contribution in [2.24, 2.45) is 0 Å². The highest BCUT2D eigenvalue weighted by Crippen LogP contribution is 2.18. The zero-order valence-electron chi connectivity index (χ0n) is 8.99. The van der Waals surface area contributed by atoms with Crippen LogP contribution in [0.1, 0.15) is 17.4 Å². The number of nitrogens with zero attached hydrogens (tertiary/aromatic N) is 3. The third kappa shape index (κ3) is 3.12. The lowest BCUT2D eigenvalue weighted by Gasteiger charge is -2.10. The highest BCUT2D eigenvalue weighted by atomic mass is 79.9. The molecule has 0 unspecified atom stereocenters. The molecule has 90 valence electrons. The molecule has 0 aliphatic carbocycles. The van der Waals surface area contributed by atoms with Crippen LogP contribution >= 0.6 is 15.9 Å². The summed E-state index contributed by atoms with van der Waals surface area (Å²) < 4.78 is 2.48. The molecule has 1 heterocycles. The van der Waals surface area contributed by atoms with E-state index in [-0.39, 0.29) is 6.61 Å². The first-order valence-corrected chi connectivity index (χ1v) is 5.91. The summed E-state index contributed by atoms with van der Waals surface area (Å²) >= 11 is 3.34. The lowest BCUT2D eigenvalue weighted by Crippen LogP contribution is -2.09. The fraction of sp³-hybridized carbons (Fsp3) is 0.273. The number of benzene rings is 1. The Hall–Kier alpha value is -1.24. The number of hydrogen-bond acceptors (Lipinski definition) is 4. The first kappa shape index (κ1) is 12.2. The first-order valence-electron chi connectivity index (χ1n) is 5.12. The topological polar surface area (TPSA) is 71.2 Å². The minimum Gasteiger partial charge on any atom is -0.390 e. The van der Waals surface area contributed by atoms with Gasteiger partial charge in [0.05, 0.1) is 25.5 Å². The molecule has 1 atom stereocenters. The van der Waals surface area contributed by atoms with Crippen LogP contribution in [0.4, 0.5) is 0 Å². The Bertz CT molecular complexity index is 484. The molecule has 0 saturated heterocycles. The van der Waals surface area contributed by atoms with E-state index >= 15 is 0 Å². The van der Waals surface area contributed by atoms with Gasteiger partial charge in [-0.15, -0.1) is 5.10 Å². The van der Waals surface area contributed by atoms with Crippen LogP contribution in [-0.4, -0.2) is 25.2 Å². The fourth-order valence-corrected chi connectivity index (χ4v) is 1.73. The van der Waals surface area contributed by atoms with Crippen molar-refractivity contribution in [3.63, 3.8) is 0 Å². The van der Waals surface area contributed by atoms with E-state index in [0.29, 0.717) is 12.2 Å². The molecule has 0 radical (unpaired) electrons. The number of hydrogen-bond donors (Lipinski definition) is 2. The minimum atomic E-state index is -0.642. The van der Waals surface area contributed by atoms with Crippen molar-refractivity contribution in [3.05, 3.63) is 46.2 Å². The zero-order valence-corrected chi connectivity index (χ0v) is 10.6. The predicted molar refractivity (Wildman–Crippen MR) is 65.0 cm³/mol. The van der Waals surface area contributed by atoms with Crippen LogP contribution in [0.3, 0.4) is 0 Å². The van der Waals surface area contributed by atoms with E-state index in [2.05, 4.69) is 26.2 Å². The second kappa shape index (κ2) is 5.39. The van der Waals surface area contributed by atoms with Crippen molar-refractivity contribution >= 4 is 15.9 Å². The van der Waals surface area contributed by atoms with E-state index in [1.54, 1.807) is 6.20 Å². The summed E-state index contributed by atoms with van der Waals surface area (Å²) in [6.45, 7) is 0.170. The van der Waals surface area contributed by atoms with Gasteiger partial charge < -0.3 is 10.2 Å². The Morgan fingerprint density at radius 2 is 2.00 bits per heavy atom. The van der Waals surface area contributed by atoms with Crippen LogP contribution in [0.25, 0.3) is 0 Å². The monoisotopic (exact) mass is 297 g/mol. The minimum absolute atomic E-state index is 0.144. The van der Waals surface area contributed by atoms with Gasteiger partial charge in [-0.05, 0) is 17.7 Å². The van der Waals surface area contributed by atoms with Gasteiger partial charge in [-0.1, -0.05) is 33.3 Å². The Morgan fingerprint density at radius 3 is 2.59 bits per heavy atom. The first-order chi connectivity index (χ1) is 8.19. The standard InChI is InChI=1S/C11H12BrN3O2/c12-9-3-1-8(2-4-9)11(17)6-15-5-10(7-16)13-14-15/h1-5,11,16-17H,6-7H2/t11-/m1/s1. The number of aromatic nitrogens is 3. The highest BCUT2D eigenvalue weighted by Gasteiger charge is 2.09. The van der Waals surface area contributed by atoms with E-state index < -0.39 is 6.10 Å². The van der Waals surface area contributed by atoms with Gasteiger partial charge in [0.2, 0.25) is 0 Å². The Balaban J connectivity index is 2.05. The van der Waals surface area contributed by atoms with E-state index in [0.717, 1.165) is 10.0 Å². The normalized spacial score (nSPS) is 12.6. The van der Waals surface area contributed by atoms with Gasteiger partial charge in [-0.3, -0.25) is 0 Å². The fourth-order valence-electron chi connectivity index (χ4n) is 1.47. The number of rotatable bonds is 4. The van der Waals surface area contributed by atoms with Gasteiger partial charge in [-0.2, -0.15) is 0 Å². The molecule has 0 saturated carbocycles. The van der Waals surface area contributed by atoms with Gasteiger partial charge in [0.1, 0.15) is 5.69 Å². The summed E-state index contributed by atoms with van der Waals surface area (Å²) in [6, 6.07) is 7.44. The van der Waals surface area contributed by atoms with Gasteiger partial charge in [0, 0.05) is 4.47 Å². The maximum absolute atomic E-state index is 9.98. The van der Waals surface area contributed by atoms with E-state index in [1.807, 2.05) is 24.3 Å². The van der Waals surface area contributed by atoms with Crippen molar-refractivity contribution in [1.82, 2.24) is 15.0 Å². The quantitative estimate of drug-likeness (QED) is 0.891. The van der Waals surface area contributed by atoms with Crippen molar-refractivity contribution in [2.75, 3.05) is 0 Å². The second-order valence-corrected chi connectivity index (χ2v) is 4.57. The van der Waals surface area contributed by atoms with Gasteiger partial charge >= 0.3 is 0 Å². The molecule has 1 aromatic carbocycles. The van der Waals surface area contributed by atoms with Crippen LogP contribution in [0.5, 0.6) is 0 Å². The van der Waals surface area contributed by atoms with E-state index in [9.17, 15) is 5.11 Å². The van der Waals surface area contributed by atoms with Crippen molar-refractivity contribution in [3.8, 4) is 0 Å². The van der Waals surface area contributed by atoms with Crippen LogP contribution < -0.4 is 0 Å². The largest absolute Gasteiger partial charge is 0.390 e. The number of aliphatic hydroxyl groups excluding tert-OH is 2. The summed E-state index contributed by atoms with van der Waals surface area (Å²) in [6.07, 6.45) is 0.971. The lowest BCUT2D eigenvalue weighted by molar-refractivity contribution is 0.150. The van der Waals surface area contributed by atoms with Crippen LogP contribution in [0, 0.1) is 0 Å². The smallest absolute Gasteiger partial charge is 0.108 e. The summed E-state index contributed by atoms with van der Waals surface area (Å²) in [4.78, 5) is 0. The van der Waals surface area contributed by atoms with Crippen LogP contribution in [-0.2, 0) is 13.2 Å². The Kier molecular flexibility index (Phi) is 3.88. The molecule has 0 fully saturated rings. The SMILES string of the molecule is OCc1cn(C[C@@H](O)c2ccc(Br)cc2)nn1. The highest BCUT2D eigenvalue weighted by molar-refractivity contribution is 9.10. The third-order valence-electron chi connectivity index (χ3n) is 2.36. The maximum Gasteiger partial charge on any atom is 0.108 e. The van der Waals surface area contributed by atoms with E-state index in [1.165, 1.54) is 4.68 Å². The molecule has 0 amide bonds. The van der Waals surface area contributed by atoms with Crippen molar-refractivity contribution in [2.45, 2.75) is 19.3 Å². The molecule has 17 heavy (non-hydrogen) atoms. The van der Waals surface area contributed by atoms with Gasteiger partial charge in [0.25, 0.3) is 0 Å². The van der Waals surface area contributed by atoms with Crippen LogP contribution in [0.15, 0.2) is 34.9 Å². The molecule has 6 heteroatoms. The van der Waals surface area contributed by atoms with Crippen LogP contribution in [0.2, 0.25) is 0 Å². The molecule has 2 N–H and O–H groups in total. The molecule has 2 rings (SSSR count). The summed E-state index contributed by atoms with van der Waals surface area (Å²) in [5.41, 5.74) is 1.31. The molecule has 0 aliphatic rings. The van der Waals surface area contributed by atoms with E-state index in [4.69, 9.17) is 5.11 Å². The lowest BCUT2D eigenvalue weighted by atomic mass is 10.1. The van der Waals surface area contributed by atoms with Crippen molar-refractivity contribution < 1.29 is 10.2 Å². The average Bonchev–Trinajstić information content (AvgIpc) is 2.77. The molecule has 2 aromatic rings. The Morgan fingerprint density at radius 1 is 1.29 bits per heavy atom. The third-order valence-corrected chi connectivity index (χ3v) is 2.89. The summed E-state index contributed by atoms with van der Waals surface area (Å²) in [5, 5.41) is 26.4. The summed E-state index contributed by atoms with van der Waals surface area (Å²) in [7, 11) is 0. The van der Waals surface area contributed by atoms with Gasteiger partial charge in [0.15, 0.2) is 0 Å². The van der Waals surface area contributed by atoms with Crippen molar-refractivity contribution in [1.29, 1.82) is 0 Å². The molecular formula is C11H12BrN3O2. The number of aliphatic hydroxyl groups is 2. The van der Waals surface area contributed by atoms with Gasteiger partial charge in [-0.25, -0.2) is 4.68 Å². The average molecular weight is 298 g/mol. The molecule has 0 aliphatic heterocycles. The predicted octanol–water partition coefficient (Wildman–Crippen LogP) is 1.27. The molecule has 5 nitrogen and oxygen atoms in total. The second-order valence-electron chi connectivity index (χ2n) is 3.66. The number of halogens is 1. The maximum atomic E-state index is 9.98. The zero-order chi connectivity index (χ0) is 12.3. The molecule has 1 aromatic heterocycles. The Labute approximate surface area is 107 Å².